The molecule has 1 unspecified atom stereocenters. The highest BCUT2D eigenvalue weighted by Crippen LogP contribution is 2.32. The van der Waals surface area contributed by atoms with E-state index in [1.54, 1.807) is 6.07 Å². The Balaban J connectivity index is 1.59. The van der Waals surface area contributed by atoms with Crippen LogP contribution in [0.25, 0.3) is 11.1 Å². The molecule has 4 nitrogen and oxygen atoms in total. The lowest BCUT2D eigenvalue weighted by Crippen LogP contribution is -2.34. The van der Waals surface area contributed by atoms with Crippen LogP contribution in [-0.4, -0.2) is 44.2 Å². The van der Waals surface area contributed by atoms with Crippen molar-refractivity contribution in [2.45, 2.75) is 12.5 Å². The van der Waals surface area contributed by atoms with Crippen molar-refractivity contribution in [3.8, 4) is 17.2 Å². The number of nitrogens with one attached hydrogen (secondary N) is 1. The Kier molecular flexibility index (Phi) is 7.34. The fourth-order valence-electron chi connectivity index (χ4n) is 4.22. The average Bonchev–Trinajstić information content (AvgIpc) is 3.27. The molecule has 164 valence electrons. The molecule has 32 heavy (non-hydrogen) atoms. The molecule has 4 rings (SSSR count). The predicted octanol–water partition coefficient (Wildman–Crippen LogP) is 5.96. The summed E-state index contributed by atoms with van der Waals surface area (Å²) in [5.41, 5.74) is 4.82. The van der Waals surface area contributed by atoms with Crippen LogP contribution in [0.3, 0.4) is 0 Å². The minimum Gasteiger partial charge on any atom is -0.340 e. The maximum absolute atomic E-state index is 9.19. The Morgan fingerprint density at radius 3 is 2.41 bits per heavy atom. The molecule has 3 aromatic rings. The summed E-state index contributed by atoms with van der Waals surface area (Å²) in [6, 6.07) is 24.5. The van der Waals surface area contributed by atoms with Gasteiger partial charge in [0.2, 0.25) is 0 Å². The summed E-state index contributed by atoms with van der Waals surface area (Å²) in [6.45, 7) is 3.95. The number of nitrogens with zero attached hydrogens (tertiary/aromatic N) is 3. The van der Waals surface area contributed by atoms with Crippen molar-refractivity contribution in [3.05, 3.63) is 82.3 Å². The second-order valence-electron chi connectivity index (χ2n) is 8.09. The second kappa shape index (κ2) is 10.4. The van der Waals surface area contributed by atoms with Gasteiger partial charge in [-0.3, -0.25) is 4.90 Å². The topological polar surface area (TPSA) is 42.3 Å². The largest absolute Gasteiger partial charge is 0.340 e. The van der Waals surface area contributed by atoms with Crippen molar-refractivity contribution in [3.63, 3.8) is 0 Å². The average molecular weight is 465 g/mol. The Bertz CT molecular complexity index is 1090. The van der Waals surface area contributed by atoms with Gasteiger partial charge in [0, 0.05) is 47.1 Å². The maximum atomic E-state index is 9.19. The quantitative estimate of drug-likeness (QED) is 0.467. The Morgan fingerprint density at radius 2 is 1.75 bits per heavy atom. The van der Waals surface area contributed by atoms with Crippen LogP contribution in [0.2, 0.25) is 10.0 Å². The Morgan fingerprint density at radius 1 is 1.00 bits per heavy atom. The number of benzene rings is 3. The molecule has 0 aliphatic carbocycles. The summed E-state index contributed by atoms with van der Waals surface area (Å²) in [6.07, 6.45) is 1.18. The fourth-order valence-corrected chi connectivity index (χ4v) is 4.73. The van der Waals surface area contributed by atoms with E-state index in [-0.39, 0.29) is 0 Å². The number of rotatable bonds is 7. The van der Waals surface area contributed by atoms with Crippen molar-refractivity contribution >= 4 is 34.6 Å². The number of halogens is 2. The van der Waals surface area contributed by atoms with Crippen LogP contribution in [0.15, 0.2) is 66.7 Å². The van der Waals surface area contributed by atoms with Gasteiger partial charge in [0.25, 0.3) is 0 Å². The Hall–Kier alpha value is -2.55. The number of anilines is 2. The van der Waals surface area contributed by atoms with Gasteiger partial charge in [0.1, 0.15) is 0 Å². The first-order valence-corrected chi connectivity index (χ1v) is 11.5. The first-order valence-electron chi connectivity index (χ1n) is 10.8. The number of likely N-dealkylation sites (tertiary alicyclic amines) is 1. The van der Waals surface area contributed by atoms with Crippen LogP contribution in [0.4, 0.5) is 11.4 Å². The van der Waals surface area contributed by atoms with Crippen LogP contribution in [0.1, 0.15) is 12.0 Å². The second-order valence-corrected chi connectivity index (χ2v) is 8.97. The van der Waals surface area contributed by atoms with Crippen LogP contribution >= 0.6 is 23.2 Å². The van der Waals surface area contributed by atoms with E-state index in [9.17, 15) is 5.26 Å². The van der Waals surface area contributed by atoms with E-state index in [0.29, 0.717) is 21.7 Å². The lowest BCUT2D eigenvalue weighted by atomic mass is 10.0. The summed E-state index contributed by atoms with van der Waals surface area (Å²) < 4.78 is 0. The molecule has 0 aromatic heterocycles. The van der Waals surface area contributed by atoms with Gasteiger partial charge in [0.15, 0.2) is 0 Å². The molecule has 1 aliphatic heterocycles. The summed E-state index contributed by atoms with van der Waals surface area (Å²) in [4.78, 5) is 4.75. The molecule has 1 saturated heterocycles. The van der Waals surface area contributed by atoms with E-state index in [1.807, 2.05) is 43.4 Å². The van der Waals surface area contributed by atoms with Gasteiger partial charge < -0.3 is 10.2 Å². The fraction of sp³-hybridized carbons (Fsp3) is 0.269. The number of likely N-dealkylation sites (N-methyl/N-ethyl adjacent to an activating group) is 1. The molecule has 1 fully saturated rings. The first kappa shape index (κ1) is 22.6. The summed E-state index contributed by atoms with van der Waals surface area (Å²) in [7, 11) is 2.03. The third-order valence-corrected chi connectivity index (χ3v) is 6.42. The molecular formula is C26H26Cl2N4. The highest BCUT2D eigenvalue weighted by atomic mass is 35.5. The van der Waals surface area contributed by atoms with Gasteiger partial charge >= 0.3 is 0 Å². The standard InChI is InChI=1S/C26H26Cl2N4/c1-30-24-9-10-31(18-24)11-12-32(26-15-22(27)14-23(28)16-26)25-7-5-20(6-8-25)21-4-2-3-19(13-21)17-29/h2-8,13-16,24,30H,9-12,18H2,1H3. The van der Waals surface area contributed by atoms with Gasteiger partial charge in [-0.15, -0.1) is 0 Å². The van der Waals surface area contributed by atoms with E-state index < -0.39 is 0 Å². The monoisotopic (exact) mass is 464 g/mol. The molecule has 1 N–H and O–H groups in total. The van der Waals surface area contributed by atoms with Gasteiger partial charge in [-0.2, -0.15) is 5.26 Å². The van der Waals surface area contributed by atoms with Gasteiger partial charge in [-0.1, -0.05) is 47.5 Å². The molecule has 1 atom stereocenters. The third kappa shape index (κ3) is 5.43. The normalized spacial score (nSPS) is 16.1. The van der Waals surface area contributed by atoms with Crippen LogP contribution in [0.5, 0.6) is 0 Å². The van der Waals surface area contributed by atoms with Crippen molar-refractivity contribution in [1.29, 1.82) is 5.26 Å². The molecule has 0 spiro atoms. The zero-order valence-corrected chi connectivity index (χ0v) is 19.6. The van der Waals surface area contributed by atoms with Crippen molar-refractivity contribution in [2.24, 2.45) is 0 Å². The number of nitriles is 1. The van der Waals surface area contributed by atoms with E-state index >= 15 is 0 Å². The molecule has 0 bridgehead atoms. The summed E-state index contributed by atoms with van der Waals surface area (Å²) in [5.74, 6) is 0. The minimum absolute atomic E-state index is 0.563. The highest BCUT2D eigenvalue weighted by Gasteiger charge is 2.22. The van der Waals surface area contributed by atoms with E-state index in [2.05, 4.69) is 45.5 Å². The SMILES string of the molecule is CNC1CCN(CCN(c2ccc(-c3cccc(C#N)c3)cc2)c2cc(Cl)cc(Cl)c2)C1. The molecule has 0 amide bonds. The number of hydrogen-bond donors (Lipinski definition) is 1. The summed E-state index contributed by atoms with van der Waals surface area (Å²) in [5, 5.41) is 13.8. The predicted molar refractivity (Wildman–Crippen MR) is 134 cm³/mol. The Labute approximate surface area is 200 Å². The van der Waals surface area contributed by atoms with Crippen LogP contribution in [0, 0.1) is 11.3 Å². The van der Waals surface area contributed by atoms with Gasteiger partial charge in [0.05, 0.1) is 11.6 Å². The van der Waals surface area contributed by atoms with Crippen LogP contribution in [-0.2, 0) is 0 Å². The smallest absolute Gasteiger partial charge is 0.0991 e. The van der Waals surface area contributed by atoms with Crippen molar-refractivity contribution in [1.82, 2.24) is 10.2 Å². The third-order valence-electron chi connectivity index (χ3n) is 5.98. The molecular weight excluding hydrogens is 439 g/mol. The first-order chi connectivity index (χ1) is 15.6. The maximum Gasteiger partial charge on any atom is 0.0991 e. The molecule has 0 saturated carbocycles. The van der Waals surface area contributed by atoms with E-state index in [4.69, 9.17) is 23.2 Å². The van der Waals surface area contributed by atoms with Crippen molar-refractivity contribution in [2.75, 3.05) is 38.1 Å². The van der Waals surface area contributed by atoms with E-state index in [0.717, 1.165) is 48.7 Å². The van der Waals surface area contributed by atoms with Gasteiger partial charge in [-0.25, -0.2) is 0 Å². The number of hydrogen-bond acceptors (Lipinski definition) is 4. The van der Waals surface area contributed by atoms with Gasteiger partial charge in [-0.05, 0) is 73.6 Å². The van der Waals surface area contributed by atoms with Crippen LogP contribution < -0.4 is 10.2 Å². The summed E-state index contributed by atoms with van der Waals surface area (Å²) >= 11 is 12.6. The lowest BCUT2D eigenvalue weighted by molar-refractivity contribution is 0.338. The molecule has 0 radical (unpaired) electrons. The van der Waals surface area contributed by atoms with Crippen molar-refractivity contribution < 1.29 is 0 Å². The molecule has 1 aliphatic rings. The zero-order chi connectivity index (χ0) is 22.5. The minimum atomic E-state index is 0.563. The molecule has 3 aromatic carbocycles. The zero-order valence-electron chi connectivity index (χ0n) is 18.1. The van der Waals surface area contributed by atoms with E-state index in [1.165, 1.54) is 6.42 Å². The highest BCUT2D eigenvalue weighted by molar-refractivity contribution is 6.35. The molecule has 6 heteroatoms. The lowest BCUT2D eigenvalue weighted by Gasteiger charge is -2.28. The molecule has 1 heterocycles.